The number of halogens is 1. The van der Waals surface area contributed by atoms with Gasteiger partial charge in [-0.15, -0.1) is 0 Å². The molecule has 1 aliphatic heterocycles. The zero-order chi connectivity index (χ0) is 17.8. The largest absolute Gasteiger partial charge is 0.467 e. The van der Waals surface area contributed by atoms with E-state index in [2.05, 4.69) is 15.9 Å². The van der Waals surface area contributed by atoms with Crippen LogP contribution in [0.4, 0.5) is 0 Å². The number of hydrogen-bond acceptors (Lipinski definition) is 5. The van der Waals surface area contributed by atoms with Crippen LogP contribution in [0.1, 0.15) is 22.5 Å². The van der Waals surface area contributed by atoms with Crippen LogP contribution in [0.2, 0.25) is 0 Å². The predicted molar refractivity (Wildman–Crippen MR) is 91.7 cm³/mol. The summed E-state index contributed by atoms with van der Waals surface area (Å²) < 4.78 is 11.2. The first-order valence-electron chi connectivity index (χ1n) is 7.78. The van der Waals surface area contributed by atoms with Crippen LogP contribution >= 0.6 is 15.9 Å². The molecule has 1 saturated heterocycles. The summed E-state index contributed by atoms with van der Waals surface area (Å²) in [6.07, 6.45) is 1.63. The van der Waals surface area contributed by atoms with Crippen LogP contribution in [-0.4, -0.2) is 35.7 Å². The van der Waals surface area contributed by atoms with Crippen molar-refractivity contribution in [1.29, 1.82) is 0 Å². The molecule has 1 fully saturated rings. The number of carbonyl (C=O) groups is 3. The Bertz CT molecular complexity index is 769. The molecule has 130 valence electrons. The Kier molecular flexibility index (Phi) is 5.33. The van der Waals surface area contributed by atoms with E-state index in [1.165, 1.54) is 6.26 Å². The van der Waals surface area contributed by atoms with Gasteiger partial charge in [-0.05, 0) is 24.3 Å². The van der Waals surface area contributed by atoms with Gasteiger partial charge in [-0.3, -0.25) is 14.4 Å². The summed E-state index contributed by atoms with van der Waals surface area (Å²) in [7, 11) is 0. The van der Waals surface area contributed by atoms with Gasteiger partial charge in [-0.2, -0.15) is 0 Å². The van der Waals surface area contributed by atoms with Gasteiger partial charge in [0.2, 0.25) is 5.91 Å². The molecule has 25 heavy (non-hydrogen) atoms. The van der Waals surface area contributed by atoms with E-state index in [0.717, 1.165) is 4.47 Å². The van der Waals surface area contributed by atoms with E-state index < -0.39 is 11.9 Å². The highest BCUT2D eigenvalue weighted by molar-refractivity contribution is 9.10. The maximum absolute atomic E-state index is 12.1. The molecule has 0 spiro atoms. The molecule has 0 N–H and O–H groups in total. The topological polar surface area (TPSA) is 76.8 Å². The number of furan rings is 1. The van der Waals surface area contributed by atoms with E-state index in [4.69, 9.17) is 9.15 Å². The monoisotopic (exact) mass is 405 g/mol. The fourth-order valence-electron chi connectivity index (χ4n) is 2.65. The first-order chi connectivity index (χ1) is 12.0. The Hall–Kier alpha value is -2.41. The SMILES string of the molecule is O=C(COC(=O)[C@H]1CC(=O)N(Cc2ccco2)C1)c1ccc(Br)cc1. The normalized spacial score (nSPS) is 16.9. The zero-order valence-corrected chi connectivity index (χ0v) is 14.9. The van der Waals surface area contributed by atoms with Crippen LogP contribution in [0.5, 0.6) is 0 Å². The number of benzene rings is 1. The maximum Gasteiger partial charge on any atom is 0.311 e. The van der Waals surface area contributed by atoms with Crippen LogP contribution < -0.4 is 0 Å². The summed E-state index contributed by atoms with van der Waals surface area (Å²) in [4.78, 5) is 37.7. The van der Waals surface area contributed by atoms with Gasteiger partial charge < -0.3 is 14.1 Å². The fourth-order valence-corrected chi connectivity index (χ4v) is 2.91. The molecule has 1 aromatic heterocycles. The lowest BCUT2D eigenvalue weighted by Gasteiger charge is -2.14. The number of amides is 1. The molecule has 3 rings (SSSR count). The standard InChI is InChI=1S/C18H16BrNO5/c19-14-5-3-12(4-6-14)16(21)11-25-18(23)13-8-17(22)20(9-13)10-15-2-1-7-24-15/h1-7,13H,8-11H2/t13-/m0/s1. The van der Waals surface area contributed by atoms with Crippen molar-refractivity contribution in [1.82, 2.24) is 4.90 Å². The number of ketones is 1. The van der Waals surface area contributed by atoms with Gasteiger partial charge in [-0.1, -0.05) is 28.1 Å². The second kappa shape index (κ2) is 7.65. The predicted octanol–water partition coefficient (Wildman–Crippen LogP) is 2.82. The quantitative estimate of drug-likeness (QED) is 0.545. The number of ether oxygens (including phenoxy) is 1. The van der Waals surface area contributed by atoms with Crippen molar-refractivity contribution >= 4 is 33.6 Å². The summed E-state index contributed by atoms with van der Waals surface area (Å²) in [5.41, 5.74) is 0.470. The molecular formula is C18H16BrNO5. The third kappa shape index (κ3) is 4.36. The summed E-state index contributed by atoms with van der Waals surface area (Å²) in [5.74, 6) is -0.830. The van der Waals surface area contributed by atoms with Crippen molar-refractivity contribution < 1.29 is 23.5 Å². The minimum absolute atomic E-state index is 0.0893. The number of Topliss-reactive ketones (excluding diaryl/α,β-unsaturated/α-hetero) is 1. The first kappa shape index (κ1) is 17.4. The number of esters is 1. The van der Waals surface area contributed by atoms with Gasteiger partial charge in [0.05, 0.1) is 18.7 Å². The van der Waals surface area contributed by atoms with Crippen molar-refractivity contribution in [2.45, 2.75) is 13.0 Å². The lowest BCUT2D eigenvalue weighted by molar-refractivity contribution is -0.147. The first-order valence-corrected chi connectivity index (χ1v) is 8.58. The zero-order valence-electron chi connectivity index (χ0n) is 13.3. The second-order valence-corrected chi connectivity index (χ2v) is 6.71. The van der Waals surface area contributed by atoms with Crippen LogP contribution in [0.25, 0.3) is 0 Å². The molecule has 1 amide bonds. The number of likely N-dealkylation sites (tertiary alicyclic amines) is 1. The summed E-state index contributed by atoms with van der Waals surface area (Å²) in [5, 5.41) is 0. The molecule has 0 unspecified atom stereocenters. The Labute approximate surface area is 152 Å². The molecule has 0 saturated carbocycles. The average Bonchev–Trinajstić information content (AvgIpc) is 3.24. The summed E-state index contributed by atoms with van der Waals surface area (Å²) in [6, 6.07) is 10.3. The number of hydrogen-bond donors (Lipinski definition) is 0. The van der Waals surface area contributed by atoms with E-state index in [1.54, 1.807) is 41.3 Å². The Morgan fingerprint density at radius 3 is 2.68 bits per heavy atom. The minimum atomic E-state index is -0.555. The smallest absolute Gasteiger partial charge is 0.311 e. The van der Waals surface area contributed by atoms with E-state index in [0.29, 0.717) is 17.9 Å². The van der Waals surface area contributed by atoms with Crippen molar-refractivity contribution in [3.8, 4) is 0 Å². The Balaban J connectivity index is 1.51. The van der Waals surface area contributed by atoms with Crippen LogP contribution in [0.15, 0.2) is 51.6 Å². The van der Waals surface area contributed by atoms with E-state index in [-0.39, 0.29) is 31.3 Å². The second-order valence-electron chi connectivity index (χ2n) is 5.79. The van der Waals surface area contributed by atoms with Gasteiger partial charge in [0, 0.05) is 23.0 Å². The van der Waals surface area contributed by atoms with Crippen molar-refractivity contribution in [2.24, 2.45) is 5.92 Å². The maximum atomic E-state index is 12.1. The highest BCUT2D eigenvalue weighted by Crippen LogP contribution is 2.21. The van der Waals surface area contributed by atoms with Gasteiger partial charge in [0.1, 0.15) is 5.76 Å². The molecule has 1 atom stereocenters. The third-order valence-corrected chi connectivity index (χ3v) is 4.52. The van der Waals surface area contributed by atoms with Gasteiger partial charge >= 0.3 is 5.97 Å². The molecule has 6 nitrogen and oxygen atoms in total. The lowest BCUT2D eigenvalue weighted by Crippen LogP contribution is -2.27. The van der Waals surface area contributed by atoms with Crippen LogP contribution in [0, 0.1) is 5.92 Å². The van der Waals surface area contributed by atoms with Crippen molar-refractivity contribution in [3.63, 3.8) is 0 Å². The molecule has 7 heteroatoms. The highest BCUT2D eigenvalue weighted by Gasteiger charge is 2.35. The number of nitrogens with zero attached hydrogens (tertiary/aromatic N) is 1. The van der Waals surface area contributed by atoms with E-state index in [9.17, 15) is 14.4 Å². The fraction of sp³-hybridized carbons (Fsp3) is 0.278. The molecule has 1 aliphatic rings. The molecule has 0 aliphatic carbocycles. The van der Waals surface area contributed by atoms with Crippen LogP contribution in [-0.2, 0) is 20.9 Å². The highest BCUT2D eigenvalue weighted by atomic mass is 79.9. The van der Waals surface area contributed by atoms with Crippen molar-refractivity contribution in [2.75, 3.05) is 13.2 Å². The van der Waals surface area contributed by atoms with E-state index in [1.807, 2.05) is 0 Å². The number of carbonyl (C=O) groups excluding carboxylic acids is 3. The minimum Gasteiger partial charge on any atom is -0.467 e. The molecule has 1 aromatic carbocycles. The summed E-state index contributed by atoms with van der Waals surface area (Å²) >= 11 is 3.29. The van der Waals surface area contributed by atoms with Gasteiger partial charge in [0.25, 0.3) is 0 Å². The Morgan fingerprint density at radius 2 is 2.00 bits per heavy atom. The average molecular weight is 406 g/mol. The van der Waals surface area contributed by atoms with Gasteiger partial charge in [-0.25, -0.2) is 0 Å². The molecule has 0 bridgehead atoms. The van der Waals surface area contributed by atoms with Gasteiger partial charge in [0.15, 0.2) is 12.4 Å². The lowest BCUT2D eigenvalue weighted by atomic mass is 10.1. The third-order valence-electron chi connectivity index (χ3n) is 3.99. The van der Waals surface area contributed by atoms with E-state index >= 15 is 0 Å². The summed E-state index contributed by atoms with van der Waals surface area (Å²) in [6.45, 7) is 0.265. The van der Waals surface area contributed by atoms with Crippen molar-refractivity contribution in [3.05, 3.63) is 58.5 Å². The molecule has 2 heterocycles. The number of rotatable bonds is 6. The molecule has 0 radical (unpaired) electrons. The molecular weight excluding hydrogens is 390 g/mol. The molecule has 2 aromatic rings. The Morgan fingerprint density at radius 1 is 1.24 bits per heavy atom. The van der Waals surface area contributed by atoms with Crippen LogP contribution in [0.3, 0.4) is 0 Å².